The Hall–Kier alpha value is -3.71. The molecule has 2 aromatic carbocycles. The van der Waals surface area contributed by atoms with E-state index in [1.807, 2.05) is 51.1 Å². The molecule has 0 saturated heterocycles. The molecule has 4 aromatic rings. The number of pyridine rings is 1. The summed E-state index contributed by atoms with van der Waals surface area (Å²) in [5.74, 6) is 1.08. The highest BCUT2D eigenvalue weighted by Gasteiger charge is 2.19. The Morgan fingerprint density at radius 1 is 1.16 bits per heavy atom. The summed E-state index contributed by atoms with van der Waals surface area (Å²) in [4.78, 5) is 24.6. The molecule has 0 fully saturated rings. The third-order valence-electron chi connectivity index (χ3n) is 5.31. The Balaban J connectivity index is 1.97. The number of nitrogens with zero attached hydrogens (tertiary/aromatic N) is 2. The summed E-state index contributed by atoms with van der Waals surface area (Å²) in [6, 6.07) is 11.4. The quantitative estimate of drug-likeness (QED) is 0.412. The van der Waals surface area contributed by atoms with E-state index in [4.69, 9.17) is 4.74 Å². The second-order valence-electron chi connectivity index (χ2n) is 7.66. The van der Waals surface area contributed by atoms with Crippen LogP contribution in [-0.2, 0) is 11.8 Å². The number of ether oxygens (including phenoxy) is 1. The maximum Gasteiger partial charge on any atom is 0.260 e. The Morgan fingerprint density at radius 2 is 1.88 bits per heavy atom. The highest BCUT2D eigenvalue weighted by Crippen LogP contribution is 2.41. The van der Waals surface area contributed by atoms with Gasteiger partial charge in [-0.1, -0.05) is 24.8 Å². The normalized spacial score (nSPS) is 10.9. The lowest BCUT2D eigenvalue weighted by Gasteiger charge is -2.17. The first-order valence-electron chi connectivity index (χ1n) is 10.1. The average molecular weight is 446 g/mol. The van der Waals surface area contributed by atoms with Crippen LogP contribution in [0.4, 0.5) is 5.69 Å². The molecular weight excluding hydrogens is 422 g/mol. The molecule has 0 atom stereocenters. The van der Waals surface area contributed by atoms with E-state index >= 15 is 0 Å². The molecule has 0 radical (unpaired) electrons. The summed E-state index contributed by atoms with van der Waals surface area (Å²) >= 11 is 1.28. The van der Waals surface area contributed by atoms with Gasteiger partial charge in [0, 0.05) is 30.1 Å². The van der Waals surface area contributed by atoms with Gasteiger partial charge in [0.25, 0.3) is 5.56 Å². The van der Waals surface area contributed by atoms with Crippen molar-refractivity contribution in [2.45, 2.75) is 20.8 Å². The maximum atomic E-state index is 12.7. The molecule has 0 aliphatic rings. The average Bonchev–Trinajstić information content (AvgIpc) is 3.16. The molecule has 0 unspecified atom stereocenters. The van der Waals surface area contributed by atoms with E-state index in [1.54, 1.807) is 23.9 Å². The summed E-state index contributed by atoms with van der Waals surface area (Å²) in [7, 11) is 1.72. The molecule has 0 spiro atoms. The summed E-state index contributed by atoms with van der Waals surface area (Å²) in [5, 5.41) is 3.39. The van der Waals surface area contributed by atoms with Gasteiger partial charge < -0.3 is 14.6 Å². The number of hydrogen-bond acceptors (Lipinski definition) is 5. The molecule has 7 heteroatoms. The fourth-order valence-corrected chi connectivity index (χ4v) is 4.56. The standard InChI is InChI=1S/C25H23N3O3S/c1-6-21(29)26-17-10-11-20(31-23-14(2)8-7-9-15(23)3)18(12-17)19-13-28(5)25(30)22-16(4)27-32-24(19)22/h6-13H,1H2,2-5H3,(H,26,29). The summed E-state index contributed by atoms with van der Waals surface area (Å²) in [5.41, 5.74) is 4.78. The molecule has 0 bridgehead atoms. The number of carbonyl (C=O) groups excluding carboxylic acids is 1. The minimum atomic E-state index is -0.307. The van der Waals surface area contributed by atoms with E-state index in [1.165, 1.54) is 17.6 Å². The zero-order valence-electron chi connectivity index (χ0n) is 18.4. The van der Waals surface area contributed by atoms with Gasteiger partial charge in [0.15, 0.2) is 0 Å². The molecule has 6 nitrogen and oxygen atoms in total. The predicted octanol–water partition coefficient (Wildman–Crippen LogP) is 5.50. The second-order valence-corrected chi connectivity index (χ2v) is 8.43. The van der Waals surface area contributed by atoms with Gasteiger partial charge in [0.1, 0.15) is 11.5 Å². The van der Waals surface area contributed by atoms with Crippen molar-refractivity contribution in [1.82, 2.24) is 8.94 Å². The van der Waals surface area contributed by atoms with Crippen LogP contribution >= 0.6 is 11.5 Å². The number of benzene rings is 2. The lowest BCUT2D eigenvalue weighted by Crippen LogP contribution is -2.16. The van der Waals surface area contributed by atoms with E-state index < -0.39 is 0 Å². The topological polar surface area (TPSA) is 73.2 Å². The molecule has 4 rings (SSSR count). The van der Waals surface area contributed by atoms with Crippen molar-refractivity contribution in [2.75, 3.05) is 5.32 Å². The third-order valence-corrected chi connectivity index (χ3v) is 6.28. The van der Waals surface area contributed by atoms with Crippen LogP contribution in [0.1, 0.15) is 16.8 Å². The molecule has 2 heterocycles. The second kappa shape index (κ2) is 8.43. The first-order valence-corrected chi connectivity index (χ1v) is 10.8. The number of para-hydroxylation sites is 1. The van der Waals surface area contributed by atoms with Crippen LogP contribution in [0.15, 0.2) is 60.0 Å². The largest absolute Gasteiger partial charge is 0.456 e. The summed E-state index contributed by atoms with van der Waals surface area (Å²) in [6.45, 7) is 9.34. The Bertz CT molecular complexity index is 1410. The smallest absolute Gasteiger partial charge is 0.260 e. The van der Waals surface area contributed by atoms with Crippen molar-refractivity contribution in [2.24, 2.45) is 7.05 Å². The predicted molar refractivity (Wildman–Crippen MR) is 130 cm³/mol. The van der Waals surface area contributed by atoms with Crippen molar-refractivity contribution in [1.29, 1.82) is 0 Å². The number of rotatable bonds is 5. The molecular formula is C25H23N3O3S. The first-order chi connectivity index (χ1) is 15.3. The first kappa shape index (κ1) is 21.5. The van der Waals surface area contributed by atoms with Crippen LogP contribution in [0.3, 0.4) is 0 Å². The number of fused-ring (bicyclic) bond motifs is 1. The van der Waals surface area contributed by atoms with E-state index in [0.717, 1.165) is 32.7 Å². The lowest BCUT2D eigenvalue weighted by molar-refractivity contribution is -0.111. The number of aromatic nitrogens is 2. The third kappa shape index (κ3) is 3.83. The molecule has 1 N–H and O–H groups in total. The molecule has 0 aliphatic carbocycles. The summed E-state index contributed by atoms with van der Waals surface area (Å²) in [6.07, 6.45) is 3.01. The van der Waals surface area contributed by atoms with E-state index in [0.29, 0.717) is 22.5 Å². The van der Waals surface area contributed by atoms with Crippen LogP contribution in [0.5, 0.6) is 11.5 Å². The van der Waals surface area contributed by atoms with Crippen molar-refractivity contribution >= 4 is 33.2 Å². The fraction of sp³-hybridized carbons (Fsp3) is 0.160. The number of aryl methyl sites for hydroxylation is 4. The zero-order valence-corrected chi connectivity index (χ0v) is 19.2. The van der Waals surface area contributed by atoms with Crippen LogP contribution in [0.25, 0.3) is 21.2 Å². The van der Waals surface area contributed by atoms with Gasteiger partial charge in [-0.3, -0.25) is 9.59 Å². The Morgan fingerprint density at radius 3 is 2.56 bits per heavy atom. The molecule has 162 valence electrons. The van der Waals surface area contributed by atoms with Gasteiger partial charge >= 0.3 is 0 Å². The number of carbonyl (C=O) groups is 1. The minimum Gasteiger partial charge on any atom is -0.456 e. The van der Waals surface area contributed by atoms with Crippen molar-refractivity contribution < 1.29 is 9.53 Å². The molecule has 1 amide bonds. The van der Waals surface area contributed by atoms with Crippen LogP contribution in [0.2, 0.25) is 0 Å². The van der Waals surface area contributed by atoms with Crippen molar-refractivity contribution in [3.8, 4) is 22.6 Å². The van der Waals surface area contributed by atoms with Gasteiger partial charge in [-0.25, -0.2) is 0 Å². The number of nitrogens with one attached hydrogen (secondary N) is 1. The van der Waals surface area contributed by atoms with Crippen molar-refractivity contribution in [3.05, 3.63) is 82.4 Å². The van der Waals surface area contributed by atoms with E-state index in [9.17, 15) is 9.59 Å². The van der Waals surface area contributed by atoms with Gasteiger partial charge in [-0.15, -0.1) is 0 Å². The maximum absolute atomic E-state index is 12.7. The van der Waals surface area contributed by atoms with Gasteiger partial charge in [-0.05, 0) is 67.7 Å². The van der Waals surface area contributed by atoms with Gasteiger partial charge in [-0.2, -0.15) is 4.37 Å². The monoisotopic (exact) mass is 445 g/mol. The molecule has 0 saturated carbocycles. The van der Waals surface area contributed by atoms with Crippen LogP contribution in [-0.4, -0.2) is 14.8 Å². The van der Waals surface area contributed by atoms with Gasteiger partial charge in [0.2, 0.25) is 5.91 Å². The fourth-order valence-electron chi connectivity index (χ4n) is 3.66. The molecule has 32 heavy (non-hydrogen) atoms. The lowest BCUT2D eigenvalue weighted by atomic mass is 10.0. The number of hydrogen-bond donors (Lipinski definition) is 1. The Kier molecular flexibility index (Phi) is 5.67. The zero-order chi connectivity index (χ0) is 23.0. The summed E-state index contributed by atoms with van der Waals surface area (Å²) < 4.78 is 13.1. The SMILES string of the molecule is C=CC(=O)Nc1ccc(Oc2c(C)cccc2C)c(-c2cn(C)c(=O)c3c(C)nsc23)c1. The van der Waals surface area contributed by atoms with E-state index in [2.05, 4.69) is 16.3 Å². The molecule has 2 aromatic heterocycles. The van der Waals surface area contributed by atoms with E-state index in [-0.39, 0.29) is 11.5 Å². The molecule has 0 aliphatic heterocycles. The highest BCUT2D eigenvalue weighted by atomic mass is 32.1. The van der Waals surface area contributed by atoms with Gasteiger partial charge in [0.05, 0.1) is 15.8 Å². The Labute approximate surface area is 190 Å². The highest BCUT2D eigenvalue weighted by molar-refractivity contribution is 7.14. The number of anilines is 1. The van der Waals surface area contributed by atoms with Crippen LogP contribution in [0, 0.1) is 20.8 Å². The van der Waals surface area contributed by atoms with Crippen molar-refractivity contribution in [3.63, 3.8) is 0 Å². The van der Waals surface area contributed by atoms with Crippen LogP contribution < -0.4 is 15.6 Å². The number of amides is 1. The minimum absolute atomic E-state index is 0.0941.